The van der Waals surface area contributed by atoms with Gasteiger partial charge in [-0.25, -0.2) is 0 Å². The number of amides is 1. The van der Waals surface area contributed by atoms with Crippen LogP contribution in [0.2, 0.25) is 0 Å². The minimum atomic E-state index is -0.0555. The molecule has 4 aliphatic rings. The summed E-state index contributed by atoms with van der Waals surface area (Å²) in [5.74, 6) is 4.46. The second-order valence-corrected chi connectivity index (χ2v) is 8.91. The highest BCUT2D eigenvalue weighted by atomic mass is 16.5. The van der Waals surface area contributed by atoms with Gasteiger partial charge >= 0.3 is 0 Å². The fourth-order valence-electron chi connectivity index (χ4n) is 6.16. The topological polar surface area (TPSA) is 56.8 Å². The average Bonchev–Trinajstić information content (AvgIpc) is 2.65. The van der Waals surface area contributed by atoms with Crippen LogP contribution in [0.5, 0.6) is 17.2 Å². The van der Waals surface area contributed by atoms with E-state index in [1.54, 1.807) is 32.4 Å². The molecule has 0 aliphatic heterocycles. The lowest BCUT2D eigenvalue weighted by molar-refractivity contribution is -0.127. The van der Waals surface area contributed by atoms with Crippen LogP contribution in [0.25, 0.3) is 0 Å². The molecule has 148 valence electrons. The molecule has 4 fully saturated rings. The fourth-order valence-corrected chi connectivity index (χ4v) is 6.16. The van der Waals surface area contributed by atoms with Crippen molar-refractivity contribution >= 4 is 5.91 Å². The molecular weight excluding hydrogens is 342 g/mol. The Morgan fingerprint density at radius 3 is 1.96 bits per heavy atom. The molecule has 4 saturated carbocycles. The second kappa shape index (κ2) is 7.25. The number of nitrogens with one attached hydrogen (secondary N) is 1. The maximum Gasteiger partial charge on any atom is 0.258 e. The lowest BCUT2D eigenvalue weighted by atomic mass is 9.48. The van der Waals surface area contributed by atoms with Crippen LogP contribution >= 0.6 is 0 Å². The maximum atomic E-state index is 12.5. The van der Waals surface area contributed by atoms with Gasteiger partial charge in [-0.05, 0) is 68.6 Å². The van der Waals surface area contributed by atoms with Gasteiger partial charge in [-0.3, -0.25) is 4.79 Å². The largest absolute Gasteiger partial charge is 0.496 e. The number of hydrogen-bond acceptors (Lipinski definition) is 4. The molecule has 27 heavy (non-hydrogen) atoms. The van der Waals surface area contributed by atoms with Crippen molar-refractivity contribution in [1.29, 1.82) is 0 Å². The van der Waals surface area contributed by atoms with Gasteiger partial charge in [0.2, 0.25) is 0 Å². The van der Waals surface area contributed by atoms with Gasteiger partial charge in [0.1, 0.15) is 17.2 Å². The van der Waals surface area contributed by atoms with Crippen molar-refractivity contribution in [3.8, 4) is 17.2 Å². The number of benzene rings is 1. The van der Waals surface area contributed by atoms with Crippen molar-refractivity contribution in [2.45, 2.75) is 51.5 Å². The third kappa shape index (κ3) is 3.74. The summed E-state index contributed by atoms with van der Waals surface area (Å²) in [5.41, 5.74) is 0.309. The van der Waals surface area contributed by atoms with Gasteiger partial charge < -0.3 is 19.5 Å². The number of carbonyl (C=O) groups is 1. The van der Waals surface area contributed by atoms with Crippen molar-refractivity contribution in [2.24, 2.45) is 23.2 Å². The van der Waals surface area contributed by atoms with Crippen LogP contribution in [0.15, 0.2) is 18.2 Å². The lowest BCUT2D eigenvalue weighted by Gasteiger charge is -2.59. The Labute approximate surface area is 161 Å². The Morgan fingerprint density at radius 2 is 1.48 bits per heavy atom. The van der Waals surface area contributed by atoms with E-state index in [-0.39, 0.29) is 18.6 Å². The Balaban J connectivity index is 1.34. The number of hydrogen-bond donors (Lipinski definition) is 1. The van der Waals surface area contributed by atoms with E-state index in [1.165, 1.54) is 38.5 Å². The van der Waals surface area contributed by atoms with Crippen molar-refractivity contribution in [1.82, 2.24) is 5.32 Å². The van der Waals surface area contributed by atoms with Crippen LogP contribution < -0.4 is 19.5 Å². The smallest absolute Gasteiger partial charge is 0.258 e. The second-order valence-electron chi connectivity index (χ2n) is 8.91. The molecule has 5 rings (SSSR count). The summed E-state index contributed by atoms with van der Waals surface area (Å²) in [5, 5.41) is 3.24. The predicted octanol–water partition coefficient (Wildman–Crippen LogP) is 3.80. The van der Waals surface area contributed by atoms with Gasteiger partial charge in [0, 0.05) is 24.2 Å². The van der Waals surface area contributed by atoms with Crippen LogP contribution in [0.4, 0.5) is 0 Å². The van der Waals surface area contributed by atoms with Crippen molar-refractivity contribution < 1.29 is 19.0 Å². The average molecular weight is 373 g/mol. The molecule has 1 aromatic carbocycles. The summed E-state index contributed by atoms with van der Waals surface area (Å²) in [6.45, 7) is 2.20. The highest BCUT2D eigenvalue weighted by Gasteiger charge is 2.53. The standard InChI is InChI=1S/C22H31NO4/c1-14(22-10-15-4-16(11-22)6-17(5-15)12-22)23-21(24)13-27-20-8-18(25-2)7-19(9-20)26-3/h7-9,14-17H,4-6,10-13H2,1-3H3,(H,23,24)/t14-,15?,16?,17?,22?/m1/s1. The third-order valence-corrected chi connectivity index (χ3v) is 7.08. The molecule has 1 atom stereocenters. The number of rotatable bonds is 7. The van der Waals surface area contributed by atoms with Crippen LogP contribution in [0.1, 0.15) is 45.4 Å². The van der Waals surface area contributed by atoms with E-state index in [0.29, 0.717) is 22.7 Å². The molecule has 1 amide bonds. The third-order valence-electron chi connectivity index (χ3n) is 7.08. The van der Waals surface area contributed by atoms with Crippen LogP contribution in [-0.4, -0.2) is 32.8 Å². The SMILES string of the molecule is COc1cc(OC)cc(OCC(=O)N[C@H](C)C23CC4CC(CC(C4)C2)C3)c1. The van der Waals surface area contributed by atoms with E-state index < -0.39 is 0 Å². The molecule has 5 nitrogen and oxygen atoms in total. The molecule has 5 heteroatoms. The zero-order valence-electron chi connectivity index (χ0n) is 16.6. The summed E-state index contributed by atoms with van der Waals surface area (Å²) < 4.78 is 16.2. The number of ether oxygens (including phenoxy) is 3. The first-order valence-corrected chi connectivity index (χ1v) is 10.1. The van der Waals surface area contributed by atoms with E-state index in [1.807, 2.05) is 0 Å². The molecule has 0 aromatic heterocycles. The van der Waals surface area contributed by atoms with Crippen LogP contribution in [-0.2, 0) is 4.79 Å². The van der Waals surface area contributed by atoms with E-state index in [4.69, 9.17) is 14.2 Å². The molecular formula is C22H31NO4. The van der Waals surface area contributed by atoms with Crippen molar-refractivity contribution in [3.63, 3.8) is 0 Å². The molecule has 4 aliphatic carbocycles. The Kier molecular flexibility index (Phi) is 4.95. The Hall–Kier alpha value is -1.91. The molecule has 0 spiro atoms. The molecule has 0 radical (unpaired) electrons. The van der Waals surface area contributed by atoms with E-state index in [9.17, 15) is 4.79 Å². The van der Waals surface area contributed by atoms with Gasteiger partial charge in [-0.15, -0.1) is 0 Å². The van der Waals surface area contributed by atoms with E-state index >= 15 is 0 Å². The first-order valence-electron chi connectivity index (χ1n) is 10.1. The number of carbonyl (C=O) groups excluding carboxylic acids is 1. The quantitative estimate of drug-likeness (QED) is 0.790. The normalized spacial score (nSPS) is 32.0. The fraction of sp³-hybridized carbons (Fsp3) is 0.682. The summed E-state index contributed by atoms with van der Waals surface area (Å²) in [4.78, 5) is 12.5. The predicted molar refractivity (Wildman–Crippen MR) is 103 cm³/mol. The van der Waals surface area contributed by atoms with E-state index in [2.05, 4.69) is 12.2 Å². The molecule has 1 aromatic rings. The monoisotopic (exact) mass is 373 g/mol. The summed E-state index contributed by atoms with van der Waals surface area (Å²) in [6.07, 6.45) is 8.11. The van der Waals surface area contributed by atoms with Gasteiger partial charge in [0.25, 0.3) is 5.91 Å². The highest BCUT2D eigenvalue weighted by Crippen LogP contribution is 2.61. The molecule has 4 bridgehead atoms. The Morgan fingerprint density at radius 1 is 1.00 bits per heavy atom. The minimum Gasteiger partial charge on any atom is -0.496 e. The van der Waals surface area contributed by atoms with E-state index in [0.717, 1.165) is 17.8 Å². The Bertz CT molecular complexity index is 644. The zero-order valence-corrected chi connectivity index (χ0v) is 16.6. The van der Waals surface area contributed by atoms with Crippen molar-refractivity contribution in [3.05, 3.63) is 18.2 Å². The first kappa shape index (κ1) is 18.5. The van der Waals surface area contributed by atoms with Gasteiger partial charge in [0.15, 0.2) is 6.61 Å². The molecule has 0 saturated heterocycles. The van der Waals surface area contributed by atoms with Gasteiger partial charge in [-0.1, -0.05) is 0 Å². The number of methoxy groups -OCH3 is 2. The van der Waals surface area contributed by atoms with Gasteiger partial charge in [-0.2, -0.15) is 0 Å². The van der Waals surface area contributed by atoms with Crippen molar-refractivity contribution in [2.75, 3.05) is 20.8 Å². The van der Waals surface area contributed by atoms with Crippen LogP contribution in [0.3, 0.4) is 0 Å². The van der Waals surface area contributed by atoms with Gasteiger partial charge in [0.05, 0.1) is 14.2 Å². The summed E-state index contributed by atoms with van der Waals surface area (Å²) >= 11 is 0. The summed E-state index contributed by atoms with van der Waals surface area (Å²) in [7, 11) is 3.19. The first-order chi connectivity index (χ1) is 13.0. The maximum absolute atomic E-state index is 12.5. The highest BCUT2D eigenvalue weighted by molar-refractivity contribution is 5.78. The lowest BCUT2D eigenvalue weighted by Crippen LogP contribution is -2.56. The zero-order chi connectivity index (χ0) is 19.0. The minimum absolute atomic E-state index is 0.00697. The molecule has 0 heterocycles. The molecule has 1 N–H and O–H groups in total. The molecule has 0 unspecified atom stereocenters. The summed E-state index contributed by atoms with van der Waals surface area (Å²) in [6, 6.07) is 5.51. The van der Waals surface area contributed by atoms with Crippen LogP contribution in [0, 0.1) is 23.2 Å².